The fraction of sp³-hybridized carbons (Fsp3) is 0.286. The van der Waals surface area contributed by atoms with Crippen LogP contribution in [0.3, 0.4) is 0 Å². The number of nitro groups is 1. The Bertz CT molecular complexity index is 2230. The first-order valence-corrected chi connectivity index (χ1v) is 19.0. The monoisotopic (exact) mass is 868 g/mol. The van der Waals surface area contributed by atoms with E-state index < -0.39 is 86.8 Å². The van der Waals surface area contributed by atoms with Crippen molar-refractivity contribution < 1.29 is 73.3 Å². The number of carboxylic acid groups (broad SMARTS) is 1. The Labute approximate surface area is 314 Å². The van der Waals surface area contributed by atoms with E-state index in [-0.39, 0.29) is 32.8 Å². The number of nitrogens with one attached hydrogen (secondary N) is 1. The lowest BCUT2D eigenvalue weighted by molar-refractivity contribution is -0.383. The lowest BCUT2D eigenvalue weighted by atomic mass is 10.0. The van der Waals surface area contributed by atoms with Crippen molar-refractivity contribution in [2.45, 2.75) is 36.0 Å². The van der Waals surface area contributed by atoms with Gasteiger partial charge < -0.3 is 25.2 Å². The molecule has 1 aliphatic rings. The van der Waals surface area contributed by atoms with Gasteiger partial charge in [0.05, 0.1) is 55.6 Å². The number of ketones is 1. The van der Waals surface area contributed by atoms with E-state index in [2.05, 4.69) is 15.6 Å². The molecule has 0 spiro atoms. The van der Waals surface area contributed by atoms with Crippen LogP contribution in [0.2, 0.25) is 10.0 Å². The zero-order valence-corrected chi connectivity index (χ0v) is 30.5. The molecule has 0 bridgehead atoms. The Balaban J connectivity index is 0.000000240. The molecular weight excluding hydrogens is 844 g/mol. The number of carbonyl (C=O) groups excluding carboxylic acids is 1. The van der Waals surface area contributed by atoms with Crippen molar-refractivity contribution in [3.63, 3.8) is 0 Å². The van der Waals surface area contributed by atoms with E-state index in [1.165, 1.54) is 6.20 Å². The number of alkyl halides is 6. The van der Waals surface area contributed by atoms with Crippen LogP contribution in [0.5, 0.6) is 0 Å². The Kier molecular flexibility index (Phi) is 13.9. The molecule has 300 valence electrons. The number of sulfone groups is 1. The summed E-state index contributed by atoms with van der Waals surface area (Å²) in [5.41, 5.74) is 2.41. The van der Waals surface area contributed by atoms with Crippen LogP contribution in [0.4, 0.5) is 37.8 Å². The predicted molar refractivity (Wildman–Crippen MR) is 179 cm³/mol. The molecule has 0 saturated heterocycles. The predicted octanol–water partition coefficient (Wildman–Crippen LogP) is 5.69. The number of aromatic nitrogens is 3. The molecule has 1 aliphatic carbocycles. The van der Waals surface area contributed by atoms with E-state index >= 15 is 0 Å². The number of carbonyl (C=O) groups is 2. The molecule has 0 amide bonds. The van der Waals surface area contributed by atoms with Gasteiger partial charge in [-0.1, -0.05) is 28.4 Å². The Morgan fingerprint density at radius 2 is 1.62 bits per heavy atom. The highest BCUT2D eigenvalue weighted by Crippen LogP contribution is 2.43. The number of benzene rings is 2. The normalized spacial score (nSPS) is 13.3. The van der Waals surface area contributed by atoms with Crippen molar-refractivity contribution >= 4 is 63.9 Å². The second-order valence-electron chi connectivity index (χ2n) is 11.2. The number of anilines is 1. The molecule has 6 N–H and O–H groups in total. The number of carboxylic acids is 1. The Morgan fingerprint density at radius 1 is 1.05 bits per heavy atom. The summed E-state index contributed by atoms with van der Waals surface area (Å²) in [7, 11) is -8.14. The highest BCUT2D eigenvalue weighted by molar-refractivity contribution is 7.90. The van der Waals surface area contributed by atoms with Gasteiger partial charge in [-0.2, -0.15) is 31.4 Å². The minimum absolute atomic E-state index is 0.0441. The van der Waals surface area contributed by atoms with Crippen LogP contribution in [0.1, 0.15) is 51.6 Å². The lowest BCUT2D eigenvalue weighted by Crippen LogP contribution is -2.23. The van der Waals surface area contributed by atoms with Crippen LogP contribution in [0.15, 0.2) is 52.1 Å². The molecule has 5 rings (SSSR count). The van der Waals surface area contributed by atoms with Crippen molar-refractivity contribution in [3.8, 4) is 5.69 Å². The maximum Gasteiger partial charge on any atom is 0.416 e. The van der Waals surface area contributed by atoms with Gasteiger partial charge in [0, 0.05) is 17.7 Å². The maximum absolute atomic E-state index is 12.8. The van der Waals surface area contributed by atoms with Crippen molar-refractivity contribution in [2.24, 2.45) is 0 Å². The Hall–Kier alpha value is -4.58. The van der Waals surface area contributed by atoms with E-state index in [4.69, 9.17) is 48.4 Å². The first kappa shape index (κ1) is 44.8. The number of nitrogens with zero attached hydrogens (tertiary/aromatic N) is 4. The van der Waals surface area contributed by atoms with Gasteiger partial charge in [0.1, 0.15) is 11.9 Å². The van der Waals surface area contributed by atoms with E-state index in [9.17, 15) is 59.0 Å². The minimum atomic E-state index is -4.71. The maximum atomic E-state index is 12.8. The number of rotatable bonds is 10. The quantitative estimate of drug-likeness (QED) is 0.0421. The smallest absolute Gasteiger partial charge is 0.416 e. The van der Waals surface area contributed by atoms with Crippen LogP contribution in [0, 0.1) is 10.1 Å². The average molecular weight is 869 g/mol. The number of nitrogen functional groups attached to an aromatic ring is 1. The van der Waals surface area contributed by atoms with Gasteiger partial charge in [0.15, 0.2) is 21.4 Å². The van der Waals surface area contributed by atoms with E-state index in [1.807, 2.05) is 0 Å². The van der Waals surface area contributed by atoms with Gasteiger partial charge in [0.25, 0.3) is 0 Å². The molecule has 0 radical (unpaired) electrons. The minimum Gasteiger partial charge on any atom is -0.480 e. The topological polar surface area (TPSA) is 271 Å². The average Bonchev–Trinajstić information content (AvgIpc) is 3.63. The second kappa shape index (κ2) is 17.1. The second-order valence-corrected chi connectivity index (χ2v) is 15.6. The number of hydrogen-bond donors (Lipinski definition) is 5. The molecule has 1 saturated carbocycles. The summed E-state index contributed by atoms with van der Waals surface area (Å²) in [6.07, 6.45) is -5.53. The van der Waals surface area contributed by atoms with Gasteiger partial charge >= 0.3 is 31.6 Å². The van der Waals surface area contributed by atoms with Crippen molar-refractivity contribution in [1.82, 2.24) is 20.3 Å². The largest absolute Gasteiger partial charge is 0.480 e. The molecular formula is C28H25Cl2F6N6O11PS. The molecule has 2 aromatic carbocycles. The molecule has 1 fully saturated rings. The third-order valence-electron chi connectivity index (χ3n) is 6.88. The lowest BCUT2D eigenvalue weighted by Gasteiger charge is -2.12. The van der Waals surface area contributed by atoms with E-state index in [0.29, 0.717) is 30.0 Å². The molecule has 27 heteroatoms. The summed E-state index contributed by atoms with van der Waals surface area (Å²) in [6.45, 7) is -0.439. The third-order valence-corrected chi connectivity index (χ3v) is 9.23. The highest BCUT2D eigenvalue weighted by atomic mass is 35.5. The van der Waals surface area contributed by atoms with E-state index in [0.717, 1.165) is 36.0 Å². The number of hydrogen-bond acceptors (Lipinski definition) is 12. The van der Waals surface area contributed by atoms with Gasteiger partial charge in [-0.05, 0) is 43.2 Å². The molecule has 2 aromatic heterocycles. The highest BCUT2D eigenvalue weighted by Gasteiger charge is 2.36. The molecule has 17 nitrogen and oxygen atoms in total. The summed E-state index contributed by atoms with van der Waals surface area (Å²) >= 11 is 11.5. The molecule has 0 aliphatic heterocycles. The van der Waals surface area contributed by atoms with Crippen molar-refractivity contribution in [3.05, 3.63) is 90.9 Å². The SMILES string of the molecule is CS(=O)(=O)c1cc(C(F)(F)F)ccc1C(=O)c1cnoc1C1CC1.Nc1c([N+](=O)[O-])cnn1-c1c(Cl)cc(C(F)(F)F)cc1Cl.O=C(O)CNCP(=O)(O)O. The first-order chi connectivity index (χ1) is 25.1. The first-order valence-electron chi connectivity index (χ1n) is 14.6. The summed E-state index contributed by atoms with van der Waals surface area (Å²) in [5, 5.41) is 27.1. The molecule has 0 unspecified atom stereocenters. The van der Waals surface area contributed by atoms with Crippen LogP contribution in [0.25, 0.3) is 5.69 Å². The molecule has 55 heavy (non-hydrogen) atoms. The van der Waals surface area contributed by atoms with Crippen LogP contribution in [-0.4, -0.2) is 74.0 Å². The van der Waals surface area contributed by atoms with Gasteiger partial charge in [-0.15, -0.1) is 0 Å². The fourth-order valence-electron chi connectivity index (χ4n) is 4.31. The van der Waals surface area contributed by atoms with Crippen LogP contribution < -0.4 is 11.1 Å². The van der Waals surface area contributed by atoms with E-state index in [1.54, 1.807) is 0 Å². The number of aliphatic carboxylic acids is 1. The third kappa shape index (κ3) is 12.2. The van der Waals surface area contributed by atoms with Crippen molar-refractivity contribution in [1.29, 1.82) is 0 Å². The van der Waals surface area contributed by atoms with Crippen LogP contribution in [-0.2, 0) is 31.5 Å². The standard InChI is InChI=1S/C15H12F3NO4S.C10H5Cl2F3N4O2.C3H8NO5P/c1-24(21,22)12-6-9(15(16,17)18)4-5-10(12)13(20)11-7-19-23-14(11)8-2-3-8;11-5-1-4(10(13,14)15)2-6(12)8(5)18-9(16)7(3-17-18)19(20)21;5-3(6)1-4-2-10(7,8)9/h4-8H,2-3H2,1H3;1-3H,16H2;4H,1-2H2,(H,5,6)(H2,7,8,9). The Morgan fingerprint density at radius 3 is 2.05 bits per heavy atom. The molecule has 4 aromatic rings. The zero-order valence-electron chi connectivity index (χ0n) is 27.3. The van der Waals surface area contributed by atoms with Gasteiger partial charge in [-0.25, -0.2) is 13.1 Å². The zero-order chi connectivity index (χ0) is 41.8. The number of nitrogens with two attached hydrogens (primary N) is 1. The summed E-state index contributed by atoms with van der Waals surface area (Å²) < 4.78 is 116. The fourth-order valence-corrected chi connectivity index (χ4v) is 6.26. The molecule has 0 atom stereocenters. The van der Waals surface area contributed by atoms with Crippen molar-refractivity contribution in [2.75, 3.05) is 24.8 Å². The number of halogens is 8. The summed E-state index contributed by atoms with van der Waals surface area (Å²) in [6, 6.07) is 3.32. The van der Waals surface area contributed by atoms with Gasteiger partial charge in [-0.3, -0.25) is 29.6 Å². The molecule has 2 heterocycles. The van der Waals surface area contributed by atoms with Gasteiger partial charge in [0.2, 0.25) is 5.82 Å². The summed E-state index contributed by atoms with van der Waals surface area (Å²) in [5.74, 6) is -1.87. The summed E-state index contributed by atoms with van der Waals surface area (Å²) in [4.78, 5) is 48.0. The van der Waals surface area contributed by atoms with Crippen LogP contribution >= 0.6 is 30.8 Å².